The lowest BCUT2D eigenvalue weighted by molar-refractivity contribution is 0.202. The monoisotopic (exact) mass is 317 g/mol. The Kier molecular flexibility index (Phi) is 5.62. The summed E-state index contributed by atoms with van der Waals surface area (Å²) in [5, 5.41) is 6.86. The number of rotatable bonds is 6. The molecule has 0 spiro atoms. The zero-order chi connectivity index (χ0) is 16.8. The molecule has 0 unspecified atom stereocenters. The van der Waals surface area contributed by atoms with Crippen LogP contribution in [-0.2, 0) is 6.54 Å². The maximum atomic E-state index is 12.3. The van der Waals surface area contributed by atoms with Crippen molar-refractivity contribution in [1.29, 1.82) is 0 Å². The van der Waals surface area contributed by atoms with E-state index in [1.165, 1.54) is 0 Å². The van der Waals surface area contributed by atoms with Gasteiger partial charge in [0.2, 0.25) is 0 Å². The number of nitrogens with one attached hydrogen (secondary N) is 1. The van der Waals surface area contributed by atoms with Crippen molar-refractivity contribution in [2.75, 3.05) is 13.7 Å². The van der Waals surface area contributed by atoms with E-state index in [4.69, 9.17) is 9.26 Å². The lowest BCUT2D eigenvalue weighted by Gasteiger charge is -2.21. The molecule has 0 aliphatic rings. The first-order valence-electron chi connectivity index (χ1n) is 7.66. The molecule has 1 heterocycles. The largest absolute Gasteiger partial charge is 0.494 e. The molecule has 6 nitrogen and oxygen atoms in total. The SMILES string of the molecule is CCOc1cccc([C@H](C)NC(=O)N(C)Cc2cc(C)on2)c1. The standard InChI is InChI=1S/C17H23N3O3/c1-5-22-16-8-6-7-14(10-16)13(3)18-17(21)20(4)11-15-9-12(2)23-19-15/h6-10,13H,5,11H2,1-4H3,(H,18,21)/t13-/m0/s1. The van der Waals surface area contributed by atoms with Crippen LogP contribution in [0.4, 0.5) is 4.79 Å². The van der Waals surface area contributed by atoms with E-state index in [-0.39, 0.29) is 12.1 Å². The minimum absolute atomic E-state index is 0.121. The van der Waals surface area contributed by atoms with E-state index in [0.29, 0.717) is 13.2 Å². The van der Waals surface area contributed by atoms with E-state index in [1.54, 1.807) is 11.9 Å². The highest BCUT2D eigenvalue weighted by Gasteiger charge is 2.15. The maximum absolute atomic E-state index is 12.3. The van der Waals surface area contributed by atoms with Gasteiger partial charge in [-0.1, -0.05) is 17.3 Å². The molecule has 1 aromatic heterocycles. The third-order valence-corrected chi connectivity index (χ3v) is 3.43. The predicted molar refractivity (Wildman–Crippen MR) is 87.3 cm³/mol. The average Bonchev–Trinajstić information content (AvgIpc) is 2.92. The highest BCUT2D eigenvalue weighted by Crippen LogP contribution is 2.19. The van der Waals surface area contributed by atoms with Gasteiger partial charge in [0.25, 0.3) is 0 Å². The van der Waals surface area contributed by atoms with Crippen LogP contribution in [0.5, 0.6) is 5.75 Å². The molecule has 1 N–H and O–H groups in total. The number of amides is 2. The average molecular weight is 317 g/mol. The molecule has 0 radical (unpaired) electrons. The molecule has 0 fully saturated rings. The van der Waals surface area contributed by atoms with Gasteiger partial charge in [0, 0.05) is 13.1 Å². The quantitative estimate of drug-likeness (QED) is 0.888. The molecular weight excluding hydrogens is 294 g/mol. The second-order valence-electron chi connectivity index (χ2n) is 5.46. The second kappa shape index (κ2) is 7.67. The number of hydrogen-bond donors (Lipinski definition) is 1. The van der Waals surface area contributed by atoms with Crippen molar-refractivity contribution in [1.82, 2.24) is 15.4 Å². The van der Waals surface area contributed by atoms with Crippen LogP contribution in [0.2, 0.25) is 0 Å². The van der Waals surface area contributed by atoms with E-state index in [2.05, 4.69) is 10.5 Å². The van der Waals surface area contributed by atoms with Crippen LogP contribution in [0.25, 0.3) is 0 Å². The summed E-state index contributed by atoms with van der Waals surface area (Å²) >= 11 is 0. The zero-order valence-corrected chi connectivity index (χ0v) is 14.0. The molecule has 0 aliphatic heterocycles. The normalized spacial score (nSPS) is 11.8. The summed E-state index contributed by atoms with van der Waals surface area (Å²) < 4.78 is 10.5. The Balaban J connectivity index is 1.94. The van der Waals surface area contributed by atoms with Gasteiger partial charge < -0.3 is 19.5 Å². The molecule has 0 bridgehead atoms. The van der Waals surface area contributed by atoms with Crippen LogP contribution in [-0.4, -0.2) is 29.7 Å². The van der Waals surface area contributed by atoms with Crippen molar-refractivity contribution in [3.8, 4) is 5.75 Å². The van der Waals surface area contributed by atoms with Crippen molar-refractivity contribution in [3.63, 3.8) is 0 Å². The van der Waals surface area contributed by atoms with Gasteiger partial charge in [-0.25, -0.2) is 4.79 Å². The molecule has 2 rings (SSSR count). The van der Waals surface area contributed by atoms with Crippen LogP contribution in [0.1, 0.15) is 36.9 Å². The molecule has 124 valence electrons. The fraction of sp³-hybridized carbons (Fsp3) is 0.412. The molecule has 0 saturated carbocycles. The van der Waals surface area contributed by atoms with E-state index < -0.39 is 0 Å². The Hall–Kier alpha value is -2.50. The Morgan fingerprint density at radius 1 is 1.43 bits per heavy atom. The second-order valence-corrected chi connectivity index (χ2v) is 5.46. The topological polar surface area (TPSA) is 67.6 Å². The minimum Gasteiger partial charge on any atom is -0.494 e. The Morgan fingerprint density at radius 3 is 2.87 bits per heavy atom. The highest BCUT2D eigenvalue weighted by molar-refractivity contribution is 5.74. The third kappa shape index (κ3) is 4.74. The Bertz CT molecular complexity index is 654. The summed E-state index contributed by atoms with van der Waals surface area (Å²) in [7, 11) is 1.72. The zero-order valence-electron chi connectivity index (χ0n) is 14.0. The van der Waals surface area contributed by atoms with Gasteiger partial charge in [0.1, 0.15) is 17.2 Å². The third-order valence-electron chi connectivity index (χ3n) is 3.43. The van der Waals surface area contributed by atoms with Gasteiger partial charge in [-0.2, -0.15) is 0 Å². The molecule has 1 aromatic carbocycles. The number of aromatic nitrogens is 1. The van der Waals surface area contributed by atoms with Crippen molar-refractivity contribution in [2.24, 2.45) is 0 Å². The summed E-state index contributed by atoms with van der Waals surface area (Å²) in [5.41, 5.74) is 1.72. The van der Waals surface area contributed by atoms with Gasteiger partial charge in [0.15, 0.2) is 0 Å². The predicted octanol–water partition coefficient (Wildman–Crippen LogP) is 3.28. The number of carbonyl (C=O) groups excluding carboxylic acids is 1. The molecule has 23 heavy (non-hydrogen) atoms. The molecule has 0 saturated heterocycles. The van der Waals surface area contributed by atoms with Crippen LogP contribution < -0.4 is 10.1 Å². The Morgan fingerprint density at radius 2 is 2.22 bits per heavy atom. The Labute approximate surface area is 136 Å². The summed E-state index contributed by atoms with van der Waals surface area (Å²) in [6.07, 6.45) is 0. The summed E-state index contributed by atoms with van der Waals surface area (Å²) in [6.45, 7) is 6.72. The van der Waals surface area contributed by atoms with E-state index in [0.717, 1.165) is 22.8 Å². The number of aryl methyl sites for hydroxylation is 1. The number of nitrogens with zero attached hydrogens (tertiary/aromatic N) is 2. The first kappa shape index (κ1) is 16.9. The first-order valence-corrected chi connectivity index (χ1v) is 7.66. The van der Waals surface area contributed by atoms with Crippen molar-refractivity contribution < 1.29 is 14.1 Å². The lowest BCUT2D eigenvalue weighted by Crippen LogP contribution is -2.38. The van der Waals surface area contributed by atoms with Crippen LogP contribution in [0.15, 0.2) is 34.9 Å². The fourth-order valence-corrected chi connectivity index (χ4v) is 2.23. The summed E-state index contributed by atoms with van der Waals surface area (Å²) in [5.74, 6) is 1.53. The van der Waals surface area contributed by atoms with E-state index in [9.17, 15) is 4.79 Å². The van der Waals surface area contributed by atoms with Gasteiger partial charge in [0.05, 0.1) is 19.2 Å². The minimum atomic E-state index is -0.167. The fourth-order valence-electron chi connectivity index (χ4n) is 2.23. The molecule has 1 atom stereocenters. The first-order chi connectivity index (χ1) is 11.0. The molecular formula is C17H23N3O3. The van der Waals surface area contributed by atoms with Crippen molar-refractivity contribution >= 4 is 6.03 Å². The summed E-state index contributed by atoms with van der Waals surface area (Å²) in [4.78, 5) is 13.8. The van der Waals surface area contributed by atoms with E-state index in [1.807, 2.05) is 51.1 Å². The number of carbonyl (C=O) groups is 1. The molecule has 2 amide bonds. The molecule has 2 aromatic rings. The van der Waals surface area contributed by atoms with Gasteiger partial charge in [-0.05, 0) is 38.5 Å². The van der Waals surface area contributed by atoms with Crippen LogP contribution >= 0.6 is 0 Å². The lowest BCUT2D eigenvalue weighted by atomic mass is 10.1. The molecule has 6 heteroatoms. The van der Waals surface area contributed by atoms with E-state index >= 15 is 0 Å². The highest BCUT2D eigenvalue weighted by atomic mass is 16.5. The van der Waals surface area contributed by atoms with Crippen LogP contribution in [0.3, 0.4) is 0 Å². The number of urea groups is 1. The smallest absolute Gasteiger partial charge is 0.317 e. The van der Waals surface area contributed by atoms with Gasteiger partial charge in [-0.15, -0.1) is 0 Å². The van der Waals surface area contributed by atoms with Crippen LogP contribution in [0, 0.1) is 6.92 Å². The molecule has 0 aliphatic carbocycles. The van der Waals surface area contributed by atoms with Crippen molar-refractivity contribution in [2.45, 2.75) is 33.4 Å². The maximum Gasteiger partial charge on any atom is 0.317 e. The van der Waals surface area contributed by atoms with Crippen molar-refractivity contribution in [3.05, 3.63) is 47.3 Å². The summed E-state index contributed by atoms with van der Waals surface area (Å²) in [6, 6.07) is 9.26. The van der Waals surface area contributed by atoms with Gasteiger partial charge >= 0.3 is 6.03 Å². The number of hydrogen-bond acceptors (Lipinski definition) is 4. The number of benzene rings is 1. The number of ether oxygens (including phenoxy) is 1. The van der Waals surface area contributed by atoms with Gasteiger partial charge in [-0.3, -0.25) is 0 Å².